The second-order valence-corrected chi connectivity index (χ2v) is 5.96. The van der Waals surface area contributed by atoms with Gasteiger partial charge in [0.05, 0.1) is 5.54 Å². The summed E-state index contributed by atoms with van der Waals surface area (Å²) in [7, 11) is 1.80. The second kappa shape index (κ2) is 6.31. The summed E-state index contributed by atoms with van der Waals surface area (Å²) in [6, 6.07) is 7.74. The van der Waals surface area contributed by atoms with E-state index in [0.29, 0.717) is 19.1 Å². The van der Waals surface area contributed by atoms with Gasteiger partial charge in [-0.25, -0.2) is 0 Å². The first-order valence-electron chi connectivity index (χ1n) is 7.32. The van der Waals surface area contributed by atoms with Gasteiger partial charge in [-0.2, -0.15) is 0 Å². The van der Waals surface area contributed by atoms with Gasteiger partial charge in [-0.1, -0.05) is 24.8 Å². The lowest BCUT2D eigenvalue weighted by atomic mass is 9.95. The summed E-state index contributed by atoms with van der Waals surface area (Å²) in [6.07, 6.45) is 3.82. The largest absolute Gasteiger partial charge is 0.490 e. The highest BCUT2D eigenvalue weighted by atomic mass is 16.5. The highest BCUT2D eigenvalue weighted by molar-refractivity contribution is 5.86. The number of likely N-dealkylation sites (N-methyl/N-ethyl adjacent to an activating group) is 1. The summed E-state index contributed by atoms with van der Waals surface area (Å²) >= 11 is 0. The van der Waals surface area contributed by atoms with Crippen LogP contribution in [-0.2, 0) is 11.3 Å². The zero-order valence-electron chi connectivity index (χ0n) is 12.8. The Bertz CT molecular complexity index is 504. The Kier molecular flexibility index (Phi) is 4.68. The molecule has 1 unspecified atom stereocenters. The number of nitrogens with zero attached hydrogens (tertiary/aromatic N) is 1. The molecule has 4 heteroatoms. The summed E-state index contributed by atoms with van der Waals surface area (Å²) in [5.41, 5.74) is 6.50. The monoisotopic (exact) mass is 288 g/mol. The normalized spacial score (nSPS) is 16.9. The van der Waals surface area contributed by atoms with E-state index < -0.39 is 5.54 Å². The fourth-order valence-electron chi connectivity index (χ4n) is 2.46. The van der Waals surface area contributed by atoms with Crippen LogP contribution in [0.2, 0.25) is 0 Å². The third-order valence-electron chi connectivity index (χ3n) is 3.94. The van der Waals surface area contributed by atoms with Crippen molar-refractivity contribution in [2.24, 2.45) is 11.7 Å². The Balaban J connectivity index is 1.94. The molecule has 1 saturated carbocycles. The lowest BCUT2D eigenvalue weighted by Gasteiger charge is -2.29. The van der Waals surface area contributed by atoms with Crippen molar-refractivity contribution < 1.29 is 9.53 Å². The number of rotatable bonds is 7. The standard InChI is InChI=1S/C17H24N2O2/c1-4-11-21-15-9-5-13(6-10-15)12-19(3)16(20)17(2,18)14-7-8-14/h4-6,9-10,14H,1,7-8,11-12,18H2,2-3H3. The van der Waals surface area contributed by atoms with Gasteiger partial charge in [0.25, 0.3) is 0 Å². The molecular weight excluding hydrogens is 264 g/mol. The van der Waals surface area contributed by atoms with Gasteiger partial charge >= 0.3 is 0 Å². The molecule has 0 heterocycles. The van der Waals surface area contributed by atoms with E-state index in [1.807, 2.05) is 31.2 Å². The minimum absolute atomic E-state index is 0.0111. The average molecular weight is 288 g/mol. The van der Waals surface area contributed by atoms with Crippen molar-refractivity contribution >= 4 is 5.91 Å². The molecular formula is C17H24N2O2. The molecule has 1 aromatic rings. The molecule has 1 aromatic carbocycles. The second-order valence-electron chi connectivity index (χ2n) is 5.96. The van der Waals surface area contributed by atoms with Gasteiger partial charge in [-0.05, 0) is 43.4 Å². The number of nitrogens with two attached hydrogens (primary N) is 1. The van der Waals surface area contributed by atoms with Crippen molar-refractivity contribution in [3.63, 3.8) is 0 Å². The number of carbonyl (C=O) groups excluding carboxylic acids is 1. The zero-order chi connectivity index (χ0) is 15.5. The fraction of sp³-hybridized carbons (Fsp3) is 0.471. The predicted molar refractivity (Wildman–Crippen MR) is 83.9 cm³/mol. The molecule has 1 fully saturated rings. The highest BCUT2D eigenvalue weighted by Gasteiger charge is 2.45. The SMILES string of the molecule is C=CCOc1ccc(CN(C)C(=O)C(C)(N)C2CC2)cc1. The lowest BCUT2D eigenvalue weighted by molar-refractivity contribution is -0.136. The maximum Gasteiger partial charge on any atom is 0.242 e. The Morgan fingerprint density at radius 3 is 2.62 bits per heavy atom. The molecule has 1 atom stereocenters. The molecule has 0 aliphatic heterocycles. The van der Waals surface area contributed by atoms with Gasteiger partial charge in [0.15, 0.2) is 0 Å². The van der Waals surface area contributed by atoms with Crippen LogP contribution in [0.3, 0.4) is 0 Å². The van der Waals surface area contributed by atoms with Gasteiger partial charge in [0.2, 0.25) is 5.91 Å². The van der Waals surface area contributed by atoms with Crippen LogP contribution in [0.25, 0.3) is 0 Å². The summed E-state index contributed by atoms with van der Waals surface area (Å²) in [4.78, 5) is 14.1. The van der Waals surface area contributed by atoms with Gasteiger partial charge in [0.1, 0.15) is 12.4 Å². The number of benzene rings is 1. The maximum atomic E-state index is 12.4. The summed E-state index contributed by atoms with van der Waals surface area (Å²) in [5.74, 6) is 1.15. The fourth-order valence-corrected chi connectivity index (χ4v) is 2.46. The van der Waals surface area contributed by atoms with E-state index in [2.05, 4.69) is 6.58 Å². The Hall–Kier alpha value is -1.81. The third kappa shape index (κ3) is 3.85. The van der Waals surface area contributed by atoms with Crippen molar-refractivity contribution in [3.05, 3.63) is 42.5 Å². The Labute approximate surface area is 126 Å². The van der Waals surface area contributed by atoms with Gasteiger partial charge in [-0.15, -0.1) is 0 Å². The molecule has 114 valence electrons. The van der Waals surface area contributed by atoms with Crippen LogP contribution < -0.4 is 10.5 Å². The minimum atomic E-state index is -0.734. The van der Waals surface area contributed by atoms with Gasteiger partial charge in [-0.3, -0.25) is 4.79 Å². The van der Waals surface area contributed by atoms with Crippen LogP contribution in [0.4, 0.5) is 0 Å². The maximum absolute atomic E-state index is 12.4. The van der Waals surface area contributed by atoms with E-state index in [0.717, 1.165) is 24.2 Å². The van der Waals surface area contributed by atoms with E-state index in [1.54, 1.807) is 18.0 Å². The summed E-state index contributed by atoms with van der Waals surface area (Å²) < 4.78 is 5.44. The van der Waals surface area contributed by atoms with Crippen LogP contribution in [0.1, 0.15) is 25.3 Å². The van der Waals surface area contributed by atoms with Crippen molar-refractivity contribution in [1.29, 1.82) is 0 Å². The molecule has 2 N–H and O–H groups in total. The van der Waals surface area contributed by atoms with Crippen LogP contribution >= 0.6 is 0 Å². The summed E-state index contributed by atoms with van der Waals surface area (Å²) in [5, 5.41) is 0. The molecule has 1 amide bonds. The Morgan fingerprint density at radius 1 is 1.48 bits per heavy atom. The smallest absolute Gasteiger partial charge is 0.242 e. The summed E-state index contributed by atoms with van der Waals surface area (Å²) in [6.45, 7) is 6.50. The molecule has 21 heavy (non-hydrogen) atoms. The topological polar surface area (TPSA) is 55.6 Å². The third-order valence-corrected chi connectivity index (χ3v) is 3.94. The van der Waals surface area contributed by atoms with E-state index in [4.69, 9.17) is 10.5 Å². The molecule has 0 aromatic heterocycles. The first-order valence-corrected chi connectivity index (χ1v) is 7.32. The average Bonchev–Trinajstić information content (AvgIpc) is 3.30. The lowest BCUT2D eigenvalue weighted by Crippen LogP contribution is -2.53. The molecule has 0 saturated heterocycles. The molecule has 0 bridgehead atoms. The molecule has 1 aliphatic rings. The predicted octanol–water partition coefficient (Wildman–Crippen LogP) is 2.34. The number of amides is 1. The van der Waals surface area contributed by atoms with Crippen LogP contribution in [-0.4, -0.2) is 30.0 Å². The van der Waals surface area contributed by atoms with Crippen LogP contribution in [0, 0.1) is 5.92 Å². The van der Waals surface area contributed by atoms with Gasteiger partial charge in [0, 0.05) is 13.6 Å². The van der Waals surface area contributed by atoms with Crippen molar-refractivity contribution in [3.8, 4) is 5.75 Å². The number of hydrogen-bond acceptors (Lipinski definition) is 3. The van der Waals surface area contributed by atoms with E-state index in [9.17, 15) is 4.79 Å². The molecule has 2 rings (SSSR count). The number of hydrogen-bond donors (Lipinski definition) is 1. The zero-order valence-corrected chi connectivity index (χ0v) is 12.8. The molecule has 1 aliphatic carbocycles. The minimum Gasteiger partial charge on any atom is -0.490 e. The Morgan fingerprint density at radius 2 is 2.10 bits per heavy atom. The van der Waals surface area contributed by atoms with E-state index >= 15 is 0 Å². The van der Waals surface area contributed by atoms with Crippen LogP contribution in [0.15, 0.2) is 36.9 Å². The first-order chi connectivity index (χ1) is 9.95. The molecule has 0 spiro atoms. The van der Waals surface area contributed by atoms with E-state index in [-0.39, 0.29) is 5.91 Å². The quantitative estimate of drug-likeness (QED) is 0.784. The van der Waals surface area contributed by atoms with Crippen LogP contribution in [0.5, 0.6) is 5.75 Å². The number of carbonyl (C=O) groups is 1. The van der Waals surface area contributed by atoms with Gasteiger partial charge < -0.3 is 15.4 Å². The van der Waals surface area contributed by atoms with Crippen molar-refractivity contribution in [1.82, 2.24) is 4.90 Å². The highest BCUT2D eigenvalue weighted by Crippen LogP contribution is 2.38. The first kappa shape index (κ1) is 15.6. The molecule has 4 nitrogen and oxygen atoms in total. The van der Waals surface area contributed by atoms with E-state index in [1.165, 1.54) is 0 Å². The van der Waals surface area contributed by atoms with Crippen molar-refractivity contribution in [2.45, 2.75) is 31.8 Å². The number of ether oxygens (including phenoxy) is 1. The van der Waals surface area contributed by atoms with Crippen molar-refractivity contribution in [2.75, 3.05) is 13.7 Å². The molecule has 0 radical (unpaired) electrons.